The molecule has 24 heteroatoms. The van der Waals surface area contributed by atoms with Crippen molar-refractivity contribution in [2.75, 3.05) is 26.4 Å². The van der Waals surface area contributed by atoms with E-state index < -0.39 is 149 Å². The predicted molar refractivity (Wildman–Crippen MR) is 190 cm³/mol. The van der Waals surface area contributed by atoms with Crippen molar-refractivity contribution in [2.45, 2.75) is 123 Å². The van der Waals surface area contributed by atoms with Crippen molar-refractivity contribution in [1.29, 1.82) is 0 Å². The smallest absolute Gasteiger partial charge is 0.229 e. The van der Waals surface area contributed by atoms with Gasteiger partial charge in [-0.1, -0.05) is 6.07 Å². The van der Waals surface area contributed by atoms with Crippen molar-refractivity contribution in [1.82, 2.24) is 0 Å². The second-order valence-corrected chi connectivity index (χ2v) is 14.2. The summed E-state index contributed by atoms with van der Waals surface area (Å²) in [5.74, 6) is 0.615. The Kier molecular flexibility index (Phi) is 17.0. The second kappa shape index (κ2) is 21.3. The van der Waals surface area contributed by atoms with Crippen molar-refractivity contribution in [3.8, 4) is 23.0 Å². The van der Waals surface area contributed by atoms with Gasteiger partial charge < -0.3 is 120 Å². The van der Waals surface area contributed by atoms with Crippen LogP contribution < -0.4 is 18.9 Å². The normalized spacial score (nSPS) is 42.0. The van der Waals surface area contributed by atoms with Gasteiger partial charge in [0.1, 0.15) is 121 Å². The standard InChI is InChI=1S/2C18H26O12/c19-5-9-11(21)13(23)15(25)17(29-9)27-7-1-2-8(4-3-7)28-18-16(26)14(24)12(22)10(6-20)30-18;19-5-9-11(21)13(23)15(25)17(29-9)27-7-2-1-3-8(4-7)28-18-16(26)14(24)12(22)10(6-20)30-18/h2*1-4,9-26H,5-6H2/t2*9-,10?,11-,12-,13?,14+,15?,16?,17-,18-/m11/s1. The van der Waals surface area contributed by atoms with E-state index in [-0.39, 0.29) is 23.0 Å². The minimum atomic E-state index is -1.60. The van der Waals surface area contributed by atoms with Crippen LogP contribution in [0.4, 0.5) is 0 Å². The van der Waals surface area contributed by atoms with Crippen molar-refractivity contribution < 1.29 is 120 Å². The number of hydrogen-bond donors (Lipinski definition) is 16. The maximum Gasteiger partial charge on any atom is 0.229 e. The molecule has 6 rings (SSSR count). The highest BCUT2D eigenvalue weighted by Crippen LogP contribution is 2.31. The Morgan fingerprint density at radius 2 is 0.550 bits per heavy atom. The first-order valence-corrected chi connectivity index (χ1v) is 18.6. The molecule has 4 heterocycles. The summed E-state index contributed by atoms with van der Waals surface area (Å²) in [6.45, 7) is -2.39. The Morgan fingerprint density at radius 3 is 0.783 bits per heavy atom. The zero-order valence-electron chi connectivity index (χ0n) is 31.4. The van der Waals surface area contributed by atoms with Crippen LogP contribution in [0, 0.1) is 0 Å². The SMILES string of the molecule is OCC1O[C@@H](Oc2ccc(O[C@@H]3O[C@H](CO)[C@@H](O)C(O)C3O)cc2)C(O)[C@@H](O)[C@@H]1O.OCC1O[C@@H](Oc2cccc(O[C@@H]3O[C@H](CO)[C@@H](O)C(O)C3O)c2)C(O)[C@@H](O)[C@@H]1O. The highest BCUT2D eigenvalue weighted by atomic mass is 16.7. The number of ether oxygens (including phenoxy) is 8. The summed E-state index contributed by atoms with van der Waals surface area (Å²) in [7, 11) is 0. The van der Waals surface area contributed by atoms with Gasteiger partial charge in [-0.25, -0.2) is 0 Å². The Balaban J connectivity index is 0.000000228. The molecule has 0 saturated carbocycles. The fraction of sp³-hybridized carbons (Fsp3) is 0.667. The zero-order valence-corrected chi connectivity index (χ0v) is 31.4. The molecule has 2 aromatic carbocycles. The van der Waals surface area contributed by atoms with Crippen LogP contribution in [-0.4, -0.2) is 231 Å². The highest BCUT2D eigenvalue weighted by molar-refractivity contribution is 5.34. The van der Waals surface area contributed by atoms with Gasteiger partial charge in [0.15, 0.2) is 0 Å². The third-order valence-corrected chi connectivity index (χ3v) is 10.0. The van der Waals surface area contributed by atoms with E-state index in [9.17, 15) is 81.7 Å². The third kappa shape index (κ3) is 10.9. The molecule has 24 nitrogen and oxygen atoms in total. The van der Waals surface area contributed by atoms with Gasteiger partial charge in [-0.05, 0) is 36.4 Å². The number of aliphatic hydroxyl groups excluding tert-OH is 16. The largest absolute Gasteiger partial charge is 0.462 e. The van der Waals surface area contributed by atoms with Gasteiger partial charge in [-0.3, -0.25) is 0 Å². The molecule has 60 heavy (non-hydrogen) atoms. The van der Waals surface area contributed by atoms with Crippen molar-refractivity contribution >= 4 is 0 Å². The van der Waals surface area contributed by atoms with Crippen LogP contribution in [0.1, 0.15) is 0 Å². The van der Waals surface area contributed by atoms with Gasteiger partial charge in [0, 0.05) is 6.07 Å². The van der Waals surface area contributed by atoms with E-state index in [1.165, 1.54) is 48.5 Å². The number of hydrogen-bond acceptors (Lipinski definition) is 24. The van der Waals surface area contributed by atoms with E-state index in [1.807, 2.05) is 0 Å². The third-order valence-electron chi connectivity index (χ3n) is 10.0. The lowest BCUT2D eigenvalue weighted by Crippen LogP contribution is -2.60. The van der Waals surface area contributed by atoms with Crippen LogP contribution in [0.2, 0.25) is 0 Å². The van der Waals surface area contributed by atoms with Crippen molar-refractivity contribution in [3.05, 3.63) is 48.5 Å². The molecule has 4 aliphatic rings. The molecular formula is C36H52O24. The maximum absolute atomic E-state index is 10.1. The van der Waals surface area contributed by atoms with Crippen molar-refractivity contribution in [3.63, 3.8) is 0 Å². The molecule has 340 valence electrons. The fourth-order valence-electron chi connectivity index (χ4n) is 6.41. The van der Waals surface area contributed by atoms with E-state index in [0.717, 1.165) is 0 Å². The molecule has 0 amide bonds. The average Bonchev–Trinajstić information content (AvgIpc) is 3.25. The molecule has 0 spiro atoms. The molecule has 8 unspecified atom stereocenters. The van der Waals surface area contributed by atoms with Crippen molar-refractivity contribution in [2.24, 2.45) is 0 Å². The van der Waals surface area contributed by atoms with Gasteiger partial charge in [0.25, 0.3) is 0 Å². The lowest BCUT2D eigenvalue weighted by atomic mass is 9.99. The summed E-state index contributed by atoms with van der Waals surface area (Å²) >= 11 is 0. The summed E-state index contributed by atoms with van der Waals surface area (Å²) in [5, 5.41) is 155. The highest BCUT2D eigenvalue weighted by Gasteiger charge is 2.48. The Morgan fingerprint density at radius 1 is 0.317 bits per heavy atom. The minimum Gasteiger partial charge on any atom is -0.462 e. The minimum absolute atomic E-state index is 0.112. The predicted octanol–water partition coefficient (Wildman–Crippen LogP) is -7.91. The lowest BCUT2D eigenvalue weighted by Gasteiger charge is -2.40. The first-order valence-electron chi connectivity index (χ1n) is 18.6. The average molecular weight is 869 g/mol. The first kappa shape index (κ1) is 47.9. The van der Waals surface area contributed by atoms with Crippen LogP contribution in [0.5, 0.6) is 23.0 Å². The fourth-order valence-corrected chi connectivity index (χ4v) is 6.41. The molecule has 4 aliphatic heterocycles. The molecule has 4 fully saturated rings. The van der Waals surface area contributed by atoms with E-state index >= 15 is 0 Å². The quantitative estimate of drug-likeness (QED) is 0.0942. The summed E-state index contributed by atoms with van der Waals surface area (Å²) in [4.78, 5) is 0. The van der Waals surface area contributed by atoms with Crippen LogP contribution in [-0.2, 0) is 18.9 Å². The van der Waals surface area contributed by atoms with Gasteiger partial charge >= 0.3 is 0 Å². The lowest BCUT2D eigenvalue weighted by molar-refractivity contribution is -0.278. The molecule has 0 aromatic heterocycles. The molecule has 4 saturated heterocycles. The molecular weight excluding hydrogens is 816 g/mol. The van der Waals surface area contributed by atoms with Gasteiger partial charge in [0.05, 0.1) is 26.4 Å². The van der Waals surface area contributed by atoms with Gasteiger partial charge in [0.2, 0.25) is 25.2 Å². The van der Waals surface area contributed by atoms with E-state index in [1.54, 1.807) is 0 Å². The summed E-state index contributed by atoms with van der Waals surface area (Å²) in [6.07, 6.45) is -28.7. The first-order chi connectivity index (χ1) is 28.5. The van der Waals surface area contributed by atoms with Gasteiger partial charge in [-0.2, -0.15) is 0 Å². The summed E-state index contributed by atoms with van der Waals surface area (Å²) < 4.78 is 42.9. The topological polar surface area (TPSA) is 398 Å². The van der Waals surface area contributed by atoms with E-state index in [4.69, 9.17) is 37.9 Å². The number of rotatable bonds is 12. The molecule has 20 atom stereocenters. The zero-order chi connectivity index (χ0) is 44.0. The molecule has 0 radical (unpaired) electrons. The maximum atomic E-state index is 10.1. The van der Waals surface area contributed by atoms with Crippen LogP contribution in [0.3, 0.4) is 0 Å². The second-order valence-electron chi connectivity index (χ2n) is 14.2. The summed E-state index contributed by atoms with van der Waals surface area (Å²) in [5.41, 5.74) is 0. The van der Waals surface area contributed by atoms with E-state index in [0.29, 0.717) is 0 Å². The van der Waals surface area contributed by atoms with Crippen LogP contribution in [0.25, 0.3) is 0 Å². The van der Waals surface area contributed by atoms with Crippen LogP contribution in [0.15, 0.2) is 48.5 Å². The molecule has 0 bridgehead atoms. The van der Waals surface area contributed by atoms with Gasteiger partial charge in [-0.15, -0.1) is 0 Å². The molecule has 0 aliphatic carbocycles. The number of benzene rings is 2. The van der Waals surface area contributed by atoms with Crippen LogP contribution >= 0.6 is 0 Å². The monoisotopic (exact) mass is 868 g/mol. The Labute approximate surface area is 340 Å². The number of aliphatic hydroxyl groups is 16. The Hall–Kier alpha value is -3.16. The van der Waals surface area contributed by atoms with E-state index in [2.05, 4.69) is 0 Å². The molecule has 16 N–H and O–H groups in total. The molecule has 2 aromatic rings. The Bertz CT molecular complexity index is 1470. The summed E-state index contributed by atoms with van der Waals surface area (Å²) in [6, 6.07) is 11.5.